The van der Waals surface area contributed by atoms with E-state index < -0.39 is 24.1 Å². The summed E-state index contributed by atoms with van der Waals surface area (Å²) in [5.74, 6) is -0.938. The van der Waals surface area contributed by atoms with Crippen LogP contribution in [0.4, 0.5) is 4.39 Å². The summed E-state index contributed by atoms with van der Waals surface area (Å²) in [6, 6.07) is 6.73. The van der Waals surface area contributed by atoms with E-state index in [1.165, 1.54) is 7.11 Å². The lowest BCUT2D eigenvalue weighted by Crippen LogP contribution is -2.40. The second-order valence-corrected chi connectivity index (χ2v) is 4.80. The maximum atomic E-state index is 13.9. The van der Waals surface area contributed by atoms with Crippen molar-refractivity contribution in [3.8, 4) is 11.5 Å². The number of ether oxygens (including phenoxy) is 2. The number of alkyl halides is 1. The van der Waals surface area contributed by atoms with Crippen LogP contribution in [0.2, 0.25) is 0 Å². The Labute approximate surface area is 121 Å². The first-order valence-electron chi connectivity index (χ1n) is 6.41. The number of halogens is 1. The third kappa shape index (κ3) is 3.42. The van der Waals surface area contributed by atoms with Crippen LogP contribution in [0.15, 0.2) is 24.3 Å². The van der Waals surface area contributed by atoms with E-state index in [1.807, 2.05) is 0 Å². The second-order valence-electron chi connectivity index (χ2n) is 4.80. The minimum atomic E-state index is -2.36. The topological polar surface area (TPSA) is 76.1 Å². The zero-order valence-electron chi connectivity index (χ0n) is 11.5. The molecule has 1 aromatic carbocycles. The molecule has 0 radical (unpaired) electrons. The number of likely N-dealkylation sites (tertiary alicyclic amines) is 1. The third-order valence-corrected chi connectivity index (χ3v) is 3.36. The van der Waals surface area contributed by atoms with Crippen LogP contribution in [-0.2, 0) is 9.59 Å². The van der Waals surface area contributed by atoms with E-state index in [2.05, 4.69) is 0 Å². The molecule has 114 valence electrons. The molecule has 0 spiro atoms. The van der Waals surface area contributed by atoms with Gasteiger partial charge in [-0.3, -0.25) is 4.79 Å². The van der Waals surface area contributed by atoms with E-state index >= 15 is 0 Å². The largest absolute Gasteiger partial charge is 0.497 e. The molecular weight excluding hydrogens is 281 g/mol. The van der Waals surface area contributed by atoms with Gasteiger partial charge in [0.2, 0.25) is 5.67 Å². The molecule has 1 atom stereocenters. The minimum absolute atomic E-state index is 0.0725. The van der Waals surface area contributed by atoms with Crippen molar-refractivity contribution in [3.05, 3.63) is 24.3 Å². The smallest absolute Gasteiger partial charge is 0.343 e. The summed E-state index contributed by atoms with van der Waals surface area (Å²) >= 11 is 0. The van der Waals surface area contributed by atoms with Gasteiger partial charge in [-0.15, -0.1) is 0 Å². The summed E-state index contributed by atoms with van der Waals surface area (Å²) in [6.45, 7) is -0.644. The molecule has 0 bridgehead atoms. The highest BCUT2D eigenvalue weighted by Gasteiger charge is 2.46. The lowest BCUT2D eigenvalue weighted by atomic mass is 10.1. The van der Waals surface area contributed by atoms with Gasteiger partial charge in [-0.05, 0) is 12.1 Å². The Balaban J connectivity index is 1.89. The fourth-order valence-corrected chi connectivity index (χ4v) is 2.09. The maximum absolute atomic E-state index is 13.9. The number of benzene rings is 1. The van der Waals surface area contributed by atoms with Crippen molar-refractivity contribution in [2.75, 3.05) is 26.8 Å². The molecule has 7 heteroatoms. The number of nitrogens with zero attached hydrogens (tertiary/aromatic N) is 1. The predicted molar refractivity (Wildman–Crippen MR) is 71.2 cm³/mol. The Morgan fingerprint density at radius 3 is 2.76 bits per heavy atom. The maximum Gasteiger partial charge on any atom is 0.343 e. The van der Waals surface area contributed by atoms with Gasteiger partial charge in [-0.1, -0.05) is 6.07 Å². The first-order valence-corrected chi connectivity index (χ1v) is 6.41. The van der Waals surface area contributed by atoms with Crippen molar-refractivity contribution in [3.63, 3.8) is 0 Å². The van der Waals surface area contributed by atoms with E-state index in [4.69, 9.17) is 14.6 Å². The van der Waals surface area contributed by atoms with E-state index in [0.717, 1.165) is 4.90 Å². The number of methoxy groups -OCH3 is 1. The number of amides is 1. The summed E-state index contributed by atoms with van der Waals surface area (Å²) in [6.07, 6.45) is -0.201. The van der Waals surface area contributed by atoms with Crippen molar-refractivity contribution >= 4 is 11.9 Å². The second kappa shape index (κ2) is 5.99. The van der Waals surface area contributed by atoms with Gasteiger partial charge in [-0.2, -0.15) is 0 Å². The average molecular weight is 297 g/mol. The molecule has 0 saturated carbocycles. The number of carboxylic acid groups (broad SMARTS) is 1. The molecule has 2 rings (SSSR count). The fourth-order valence-electron chi connectivity index (χ4n) is 2.09. The Morgan fingerprint density at radius 2 is 2.14 bits per heavy atom. The quantitative estimate of drug-likeness (QED) is 0.880. The number of carbonyl (C=O) groups excluding carboxylic acids is 1. The first-order chi connectivity index (χ1) is 9.94. The molecule has 21 heavy (non-hydrogen) atoms. The van der Waals surface area contributed by atoms with Gasteiger partial charge in [0.1, 0.15) is 11.5 Å². The summed E-state index contributed by atoms with van der Waals surface area (Å²) < 4.78 is 24.2. The van der Waals surface area contributed by atoms with Crippen molar-refractivity contribution in [1.29, 1.82) is 0 Å². The Bertz CT molecular complexity index is 550. The van der Waals surface area contributed by atoms with Gasteiger partial charge in [0.25, 0.3) is 5.91 Å². The molecule has 1 N–H and O–H groups in total. The van der Waals surface area contributed by atoms with Crippen LogP contribution < -0.4 is 9.47 Å². The van der Waals surface area contributed by atoms with Gasteiger partial charge >= 0.3 is 5.97 Å². The van der Waals surface area contributed by atoms with Crippen LogP contribution in [0, 0.1) is 0 Å². The highest BCUT2D eigenvalue weighted by atomic mass is 19.1. The molecule has 0 aliphatic carbocycles. The number of carbonyl (C=O) groups is 2. The number of aliphatic carboxylic acids is 1. The minimum Gasteiger partial charge on any atom is -0.497 e. The van der Waals surface area contributed by atoms with Crippen molar-refractivity contribution in [2.24, 2.45) is 0 Å². The molecule has 1 amide bonds. The Morgan fingerprint density at radius 1 is 1.43 bits per heavy atom. The van der Waals surface area contributed by atoms with Crippen molar-refractivity contribution in [2.45, 2.75) is 12.1 Å². The molecule has 1 aliphatic heterocycles. The van der Waals surface area contributed by atoms with Gasteiger partial charge in [0.05, 0.1) is 13.7 Å². The normalized spacial score (nSPS) is 21.1. The number of hydrogen-bond donors (Lipinski definition) is 1. The van der Waals surface area contributed by atoms with Crippen LogP contribution in [-0.4, -0.2) is 54.4 Å². The number of hydrogen-bond acceptors (Lipinski definition) is 4. The first kappa shape index (κ1) is 15.1. The SMILES string of the molecule is COc1cccc(OCC(=O)N2CCC(F)(C(=O)O)C2)c1. The summed E-state index contributed by atoms with van der Waals surface area (Å²) in [4.78, 5) is 23.8. The zero-order valence-corrected chi connectivity index (χ0v) is 11.5. The van der Waals surface area contributed by atoms with Gasteiger partial charge in [0, 0.05) is 19.0 Å². The van der Waals surface area contributed by atoms with E-state index in [-0.39, 0.29) is 19.6 Å². The molecule has 1 aromatic rings. The Kier molecular flexibility index (Phi) is 4.30. The van der Waals surface area contributed by atoms with Crippen LogP contribution in [0.3, 0.4) is 0 Å². The summed E-state index contributed by atoms with van der Waals surface area (Å²) in [7, 11) is 1.52. The lowest BCUT2D eigenvalue weighted by Gasteiger charge is -2.18. The molecular formula is C14H16FNO5. The fraction of sp³-hybridized carbons (Fsp3) is 0.429. The van der Waals surface area contributed by atoms with Gasteiger partial charge < -0.3 is 19.5 Å². The molecule has 0 aromatic heterocycles. The zero-order chi connectivity index (χ0) is 15.5. The number of rotatable bonds is 5. The Hall–Kier alpha value is -2.31. The van der Waals surface area contributed by atoms with E-state index in [1.54, 1.807) is 24.3 Å². The van der Waals surface area contributed by atoms with Gasteiger partial charge in [0.15, 0.2) is 6.61 Å². The molecule has 1 heterocycles. The lowest BCUT2D eigenvalue weighted by molar-refractivity contribution is -0.150. The highest BCUT2D eigenvalue weighted by molar-refractivity contribution is 5.83. The van der Waals surface area contributed by atoms with Crippen LogP contribution in [0.25, 0.3) is 0 Å². The number of carboxylic acids is 1. The van der Waals surface area contributed by atoms with Crippen LogP contribution in [0.1, 0.15) is 6.42 Å². The monoisotopic (exact) mass is 297 g/mol. The van der Waals surface area contributed by atoms with Gasteiger partial charge in [-0.25, -0.2) is 9.18 Å². The molecule has 1 saturated heterocycles. The highest BCUT2D eigenvalue weighted by Crippen LogP contribution is 2.26. The van der Waals surface area contributed by atoms with E-state index in [0.29, 0.717) is 11.5 Å². The molecule has 1 unspecified atom stereocenters. The van der Waals surface area contributed by atoms with Crippen LogP contribution in [0.5, 0.6) is 11.5 Å². The summed E-state index contributed by atoms with van der Waals surface area (Å²) in [5.41, 5.74) is -2.36. The van der Waals surface area contributed by atoms with Crippen molar-refractivity contribution < 1.29 is 28.6 Å². The standard InChI is InChI=1S/C14H16FNO5/c1-20-10-3-2-4-11(7-10)21-8-12(17)16-6-5-14(15,9-16)13(18)19/h2-4,7H,5-6,8-9H2,1H3,(H,18,19). The average Bonchev–Trinajstić information content (AvgIpc) is 2.89. The summed E-state index contributed by atoms with van der Waals surface area (Å²) in [5, 5.41) is 8.78. The predicted octanol–water partition coefficient (Wildman–Crippen LogP) is 1.10. The van der Waals surface area contributed by atoms with E-state index in [9.17, 15) is 14.0 Å². The van der Waals surface area contributed by atoms with Crippen LogP contribution >= 0.6 is 0 Å². The molecule has 1 fully saturated rings. The van der Waals surface area contributed by atoms with Crippen molar-refractivity contribution in [1.82, 2.24) is 4.90 Å². The third-order valence-electron chi connectivity index (χ3n) is 3.36. The molecule has 6 nitrogen and oxygen atoms in total. The molecule has 1 aliphatic rings.